The number of rotatable bonds is 46. The third kappa shape index (κ3) is 52.4. The summed E-state index contributed by atoms with van der Waals surface area (Å²) in [5, 5.41) is 0. The minimum atomic E-state index is -0.803. The highest BCUT2D eigenvalue weighted by molar-refractivity contribution is 5.71. The Morgan fingerprint density at radius 2 is 0.582 bits per heavy atom. The lowest BCUT2D eigenvalue weighted by Gasteiger charge is -2.18. The van der Waals surface area contributed by atoms with Crippen LogP contribution in [0.25, 0.3) is 0 Å². The Morgan fingerprint density at radius 3 is 0.925 bits per heavy atom. The number of unbranched alkanes of at least 4 members (excludes halogenated alkanes) is 13. The highest BCUT2D eigenvalue weighted by Gasteiger charge is 2.19. The topological polar surface area (TPSA) is 78.9 Å². The Kier molecular flexibility index (Phi) is 50.6. The molecule has 0 aliphatic rings. The molecule has 0 amide bonds. The van der Waals surface area contributed by atoms with Crippen LogP contribution in [0.5, 0.6) is 0 Å². The second-order valence-electron chi connectivity index (χ2n) is 17.0. The van der Waals surface area contributed by atoms with Crippen LogP contribution in [-0.2, 0) is 28.6 Å². The lowest BCUT2D eigenvalue weighted by atomic mass is 10.1. The number of hydrogen-bond donors (Lipinski definition) is 0. The van der Waals surface area contributed by atoms with Gasteiger partial charge in [-0.05, 0) is 116 Å². The second kappa shape index (κ2) is 54.2. The average molecular weight is 925 g/mol. The highest BCUT2D eigenvalue weighted by Crippen LogP contribution is 2.12. The molecule has 0 saturated carbocycles. The summed E-state index contributed by atoms with van der Waals surface area (Å²) in [7, 11) is 0. The second-order valence-corrected chi connectivity index (χ2v) is 17.0. The Bertz CT molecular complexity index is 1480. The van der Waals surface area contributed by atoms with Crippen LogP contribution in [0.2, 0.25) is 0 Å². The fourth-order valence-corrected chi connectivity index (χ4v) is 6.71. The van der Waals surface area contributed by atoms with Gasteiger partial charge in [0.1, 0.15) is 13.2 Å². The van der Waals surface area contributed by atoms with Crippen molar-refractivity contribution < 1.29 is 28.6 Å². The lowest BCUT2D eigenvalue weighted by Crippen LogP contribution is -2.30. The molecule has 1 atom stereocenters. The van der Waals surface area contributed by atoms with Crippen molar-refractivity contribution in [1.29, 1.82) is 0 Å². The fraction of sp³-hybridized carbons (Fsp3) is 0.590. The van der Waals surface area contributed by atoms with Crippen LogP contribution >= 0.6 is 0 Å². The van der Waals surface area contributed by atoms with E-state index < -0.39 is 6.10 Å². The molecule has 67 heavy (non-hydrogen) atoms. The third-order valence-corrected chi connectivity index (χ3v) is 10.7. The van der Waals surface area contributed by atoms with Crippen molar-refractivity contribution in [2.75, 3.05) is 13.2 Å². The first-order valence-electron chi connectivity index (χ1n) is 26.7. The van der Waals surface area contributed by atoms with E-state index in [0.717, 1.165) is 161 Å². The summed E-state index contributed by atoms with van der Waals surface area (Å²) in [5.41, 5.74) is 0. The van der Waals surface area contributed by atoms with E-state index in [1.165, 1.54) is 12.8 Å². The van der Waals surface area contributed by atoms with Crippen molar-refractivity contribution >= 4 is 17.9 Å². The quantitative estimate of drug-likeness (QED) is 0.0262. The third-order valence-electron chi connectivity index (χ3n) is 10.7. The Morgan fingerprint density at radius 1 is 0.313 bits per heavy atom. The normalized spacial score (nSPS) is 13.2. The number of esters is 3. The fourth-order valence-electron chi connectivity index (χ4n) is 6.71. The molecule has 1 unspecified atom stereocenters. The van der Waals surface area contributed by atoms with Crippen LogP contribution in [0.1, 0.15) is 213 Å². The molecule has 0 radical (unpaired) electrons. The molecule has 0 aliphatic heterocycles. The van der Waals surface area contributed by atoms with Crippen LogP contribution in [-0.4, -0.2) is 37.2 Å². The molecule has 0 aromatic carbocycles. The van der Waals surface area contributed by atoms with Gasteiger partial charge in [0.25, 0.3) is 0 Å². The smallest absolute Gasteiger partial charge is 0.306 e. The molecule has 0 bridgehead atoms. The van der Waals surface area contributed by atoms with Crippen LogP contribution < -0.4 is 0 Å². The summed E-state index contributed by atoms with van der Waals surface area (Å²) in [6.45, 7) is 6.26. The van der Waals surface area contributed by atoms with E-state index >= 15 is 0 Å². The van der Waals surface area contributed by atoms with Crippen LogP contribution in [0, 0.1) is 0 Å². The van der Waals surface area contributed by atoms with Gasteiger partial charge in [0, 0.05) is 19.3 Å². The maximum absolute atomic E-state index is 12.7. The summed E-state index contributed by atoms with van der Waals surface area (Å²) >= 11 is 0. The molecule has 6 nitrogen and oxygen atoms in total. The van der Waals surface area contributed by atoms with Crippen molar-refractivity contribution in [2.45, 2.75) is 219 Å². The first-order valence-corrected chi connectivity index (χ1v) is 26.7. The molecule has 0 spiro atoms. The maximum Gasteiger partial charge on any atom is 0.306 e. The van der Waals surface area contributed by atoms with E-state index in [2.05, 4.69) is 154 Å². The summed E-state index contributed by atoms with van der Waals surface area (Å²) in [6, 6.07) is 0. The van der Waals surface area contributed by atoms with Gasteiger partial charge >= 0.3 is 17.9 Å². The van der Waals surface area contributed by atoms with Gasteiger partial charge in [-0.3, -0.25) is 14.4 Å². The summed E-state index contributed by atoms with van der Waals surface area (Å²) in [4.78, 5) is 37.7. The standard InChI is InChI=1S/C61H96O6/c1-4-7-10-13-15-17-19-21-23-25-27-28-29-30-31-32-34-35-37-39-41-43-45-48-51-54-60(63)66-57-58(56-65-59(62)53-50-47-12-9-6-3)67-61(64)55-52-49-46-44-42-40-38-36-33-26-24-22-20-18-16-14-11-8-5-2/h7-8,10-11,15-18,21-24,27-28,30-31,33-36,40,42,58H,4-6,9,12-14,19-20,25-26,29,32,37-39,41,43-57H2,1-3H3/b10-7-,11-8-,17-15-,18-16-,23-21-,24-22-,28-27-,31-30-,35-34-,36-33-,42-40-. The minimum Gasteiger partial charge on any atom is -0.462 e. The monoisotopic (exact) mass is 925 g/mol. The van der Waals surface area contributed by atoms with Crippen molar-refractivity contribution in [1.82, 2.24) is 0 Å². The number of carbonyl (C=O) groups excluding carboxylic acids is 3. The van der Waals surface area contributed by atoms with E-state index in [0.29, 0.717) is 12.8 Å². The van der Waals surface area contributed by atoms with Gasteiger partial charge in [-0.25, -0.2) is 0 Å². The predicted octanol–water partition coefficient (Wildman–Crippen LogP) is 17.9. The van der Waals surface area contributed by atoms with Gasteiger partial charge in [-0.15, -0.1) is 0 Å². The largest absolute Gasteiger partial charge is 0.462 e. The van der Waals surface area contributed by atoms with Crippen LogP contribution in [0.3, 0.4) is 0 Å². The number of carbonyl (C=O) groups is 3. The SMILES string of the molecule is CC/C=C\C/C=C\C/C=C\C/C=C\C/C=C\C/C=C\CCCCCCCCC(=O)OCC(COC(=O)CCCCCCC)OC(=O)CCCCC/C=C\C/C=C\C/C=C\C/C=C\C/C=C\CC. The zero-order valence-electron chi connectivity index (χ0n) is 42.9. The zero-order chi connectivity index (χ0) is 48.6. The zero-order valence-corrected chi connectivity index (χ0v) is 42.9. The van der Waals surface area contributed by atoms with Gasteiger partial charge in [0.2, 0.25) is 0 Å². The first-order chi connectivity index (χ1) is 33.0. The van der Waals surface area contributed by atoms with Crippen molar-refractivity contribution in [2.24, 2.45) is 0 Å². The van der Waals surface area contributed by atoms with E-state index in [4.69, 9.17) is 14.2 Å². The van der Waals surface area contributed by atoms with Gasteiger partial charge < -0.3 is 14.2 Å². The van der Waals surface area contributed by atoms with Gasteiger partial charge in [0.15, 0.2) is 6.10 Å². The number of allylic oxidation sites excluding steroid dienone is 22. The Labute approximate surface area is 411 Å². The summed E-state index contributed by atoms with van der Waals surface area (Å²) in [5.74, 6) is -0.973. The first kappa shape index (κ1) is 62.5. The van der Waals surface area contributed by atoms with Crippen molar-refractivity contribution in [3.05, 3.63) is 134 Å². The molecule has 0 fully saturated rings. The molecule has 0 heterocycles. The lowest BCUT2D eigenvalue weighted by molar-refractivity contribution is -0.167. The summed E-state index contributed by atoms with van der Waals surface area (Å²) < 4.78 is 16.6. The van der Waals surface area contributed by atoms with Crippen LogP contribution in [0.4, 0.5) is 0 Å². The van der Waals surface area contributed by atoms with Gasteiger partial charge in [-0.1, -0.05) is 212 Å². The number of ether oxygens (including phenoxy) is 3. The van der Waals surface area contributed by atoms with E-state index in [1.807, 2.05) is 0 Å². The number of hydrogen-bond acceptors (Lipinski definition) is 6. The Hall–Kier alpha value is -4.45. The molecule has 0 N–H and O–H groups in total. The van der Waals surface area contributed by atoms with E-state index in [-0.39, 0.29) is 37.5 Å². The van der Waals surface area contributed by atoms with Crippen molar-refractivity contribution in [3.63, 3.8) is 0 Å². The highest BCUT2D eigenvalue weighted by atomic mass is 16.6. The molecule has 0 rings (SSSR count). The van der Waals surface area contributed by atoms with Crippen molar-refractivity contribution in [3.8, 4) is 0 Å². The van der Waals surface area contributed by atoms with E-state index in [1.54, 1.807) is 0 Å². The van der Waals surface area contributed by atoms with E-state index in [9.17, 15) is 14.4 Å². The minimum absolute atomic E-state index is 0.102. The Balaban J connectivity index is 4.26. The molecular weight excluding hydrogens is 829 g/mol. The van der Waals surface area contributed by atoms with Gasteiger partial charge in [-0.2, -0.15) is 0 Å². The summed E-state index contributed by atoms with van der Waals surface area (Å²) in [6.07, 6.45) is 76.2. The molecule has 0 saturated heterocycles. The van der Waals surface area contributed by atoms with Crippen LogP contribution in [0.15, 0.2) is 134 Å². The van der Waals surface area contributed by atoms with Gasteiger partial charge in [0.05, 0.1) is 0 Å². The molecule has 0 aliphatic carbocycles. The maximum atomic E-state index is 12.7. The molecule has 6 heteroatoms. The molecule has 0 aromatic rings. The average Bonchev–Trinajstić information content (AvgIpc) is 3.33. The molecule has 376 valence electrons. The predicted molar refractivity (Wildman–Crippen MR) is 288 cm³/mol. The molecular formula is C61H96O6. The molecule has 0 aromatic heterocycles.